The van der Waals surface area contributed by atoms with Crippen molar-refractivity contribution in [2.45, 2.75) is 40.5 Å². The molecule has 2 heterocycles. The monoisotopic (exact) mass is 489 g/mol. The van der Waals surface area contributed by atoms with Gasteiger partial charge in [-0.1, -0.05) is 0 Å². The van der Waals surface area contributed by atoms with E-state index in [-0.39, 0.29) is 40.3 Å². The number of aromatic nitrogens is 2. The number of carbonyl (C=O) groups excluding carboxylic acids is 3. The van der Waals surface area contributed by atoms with Gasteiger partial charge in [0.05, 0.1) is 18.3 Å². The molecule has 180 valence electrons. The van der Waals surface area contributed by atoms with Crippen molar-refractivity contribution in [2.75, 3.05) is 11.9 Å². The van der Waals surface area contributed by atoms with Crippen LogP contribution in [0.2, 0.25) is 0 Å². The number of nitrogens with zero attached hydrogens (tertiary/aromatic N) is 2. The number of hydrogen-bond acceptors (Lipinski definition) is 8. The van der Waals surface area contributed by atoms with Gasteiger partial charge in [0.15, 0.2) is 12.4 Å². The minimum absolute atomic E-state index is 0.00397. The SMILES string of the molecule is CCOC(=O)c1sc(NC(=O)c2ccn(COc3ccc(F)cc3)n2)c(C(=O)OC(C)C)c1C. The van der Waals surface area contributed by atoms with Crippen LogP contribution in [0.1, 0.15) is 56.9 Å². The number of carbonyl (C=O) groups is 3. The average Bonchev–Trinajstić information content (AvgIpc) is 3.37. The zero-order valence-corrected chi connectivity index (χ0v) is 19.9. The third kappa shape index (κ3) is 5.98. The Bertz CT molecular complexity index is 1190. The predicted octanol–water partition coefficient (Wildman–Crippen LogP) is 4.42. The molecule has 3 aromatic rings. The van der Waals surface area contributed by atoms with Crippen molar-refractivity contribution in [3.63, 3.8) is 0 Å². The second-order valence-corrected chi connectivity index (χ2v) is 8.38. The minimum Gasteiger partial charge on any atom is -0.471 e. The van der Waals surface area contributed by atoms with E-state index < -0.39 is 23.9 Å². The molecule has 1 N–H and O–H groups in total. The topological polar surface area (TPSA) is 109 Å². The number of benzene rings is 1. The zero-order valence-electron chi connectivity index (χ0n) is 19.1. The quantitative estimate of drug-likeness (QED) is 0.443. The second kappa shape index (κ2) is 10.9. The van der Waals surface area contributed by atoms with Gasteiger partial charge in [-0.05, 0) is 63.6 Å². The maximum Gasteiger partial charge on any atom is 0.348 e. The first kappa shape index (κ1) is 24.9. The van der Waals surface area contributed by atoms with Gasteiger partial charge in [-0.15, -0.1) is 11.3 Å². The summed E-state index contributed by atoms with van der Waals surface area (Å²) in [6.45, 7) is 6.83. The molecule has 0 saturated carbocycles. The first-order valence-corrected chi connectivity index (χ1v) is 11.3. The molecule has 0 fully saturated rings. The first-order valence-electron chi connectivity index (χ1n) is 10.4. The van der Waals surface area contributed by atoms with Gasteiger partial charge in [-0.2, -0.15) is 5.10 Å². The molecule has 1 amide bonds. The summed E-state index contributed by atoms with van der Waals surface area (Å²) in [7, 11) is 0. The molecule has 0 saturated heterocycles. The molecule has 2 aromatic heterocycles. The fourth-order valence-electron chi connectivity index (χ4n) is 2.91. The van der Waals surface area contributed by atoms with Gasteiger partial charge in [0.2, 0.25) is 0 Å². The molecule has 0 atom stereocenters. The highest BCUT2D eigenvalue weighted by Crippen LogP contribution is 2.34. The van der Waals surface area contributed by atoms with Crippen LogP contribution in [-0.4, -0.2) is 40.3 Å². The fourth-order valence-corrected chi connectivity index (χ4v) is 3.99. The van der Waals surface area contributed by atoms with Crippen molar-refractivity contribution >= 4 is 34.2 Å². The summed E-state index contributed by atoms with van der Waals surface area (Å²) in [5.41, 5.74) is 0.520. The highest BCUT2D eigenvalue weighted by atomic mass is 32.1. The van der Waals surface area contributed by atoms with Crippen LogP contribution in [0.4, 0.5) is 9.39 Å². The maximum atomic E-state index is 13.0. The Kier molecular flexibility index (Phi) is 8.00. The van der Waals surface area contributed by atoms with Crippen LogP contribution >= 0.6 is 11.3 Å². The van der Waals surface area contributed by atoms with E-state index >= 15 is 0 Å². The van der Waals surface area contributed by atoms with Crippen molar-refractivity contribution in [1.29, 1.82) is 0 Å². The summed E-state index contributed by atoms with van der Waals surface area (Å²) in [6.07, 6.45) is 1.15. The molecule has 0 aliphatic carbocycles. The Morgan fingerprint density at radius 3 is 2.50 bits per heavy atom. The van der Waals surface area contributed by atoms with E-state index in [1.54, 1.807) is 27.7 Å². The van der Waals surface area contributed by atoms with E-state index in [4.69, 9.17) is 14.2 Å². The molecule has 0 spiro atoms. The molecule has 1 aromatic carbocycles. The molecular weight excluding hydrogens is 465 g/mol. The Hall–Kier alpha value is -3.73. The Labute approximate surface area is 199 Å². The summed E-state index contributed by atoms with van der Waals surface area (Å²) < 4.78 is 30.2. The molecule has 34 heavy (non-hydrogen) atoms. The number of halogens is 1. The summed E-state index contributed by atoms with van der Waals surface area (Å²) in [5, 5.41) is 6.96. The van der Waals surface area contributed by atoms with E-state index in [0.717, 1.165) is 11.3 Å². The Balaban J connectivity index is 1.78. The number of nitrogens with one attached hydrogen (secondary N) is 1. The molecule has 0 bridgehead atoms. The van der Waals surface area contributed by atoms with E-state index in [9.17, 15) is 18.8 Å². The normalized spacial score (nSPS) is 10.8. The van der Waals surface area contributed by atoms with Gasteiger partial charge in [0.25, 0.3) is 5.91 Å². The van der Waals surface area contributed by atoms with Crippen molar-refractivity contribution in [3.05, 3.63) is 64.0 Å². The van der Waals surface area contributed by atoms with Gasteiger partial charge in [-0.25, -0.2) is 18.7 Å². The summed E-state index contributed by atoms with van der Waals surface area (Å²) in [4.78, 5) is 38.0. The van der Waals surface area contributed by atoms with E-state index in [1.807, 2.05) is 0 Å². The van der Waals surface area contributed by atoms with Crippen LogP contribution in [0.25, 0.3) is 0 Å². The number of rotatable bonds is 9. The molecule has 0 radical (unpaired) electrons. The maximum absolute atomic E-state index is 13.0. The number of thiophene rings is 1. The number of esters is 2. The van der Waals surface area contributed by atoms with Gasteiger partial charge in [0, 0.05) is 6.20 Å². The van der Waals surface area contributed by atoms with Crippen molar-refractivity contribution < 1.29 is 33.0 Å². The van der Waals surface area contributed by atoms with Gasteiger partial charge in [-0.3, -0.25) is 4.79 Å². The van der Waals surface area contributed by atoms with Crippen LogP contribution in [-0.2, 0) is 16.2 Å². The molecule has 0 unspecified atom stereocenters. The van der Waals surface area contributed by atoms with E-state index in [0.29, 0.717) is 11.3 Å². The molecule has 9 nitrogen and oxygen atoms in total. The lowest BCUT2D eigenvalue weighted by atomic mass is 10.1. The van der Waals surface area contributed by atoms with Crippen molar-refractivity contribution in [3.8, 4) is 5.75 Å². The van der Waals surface area contributed by atoms with Crippen LogP contribution in [0.15, 0.2) is 36.5 Å². The fraction of sp³-hybridized carbons (Fsp3) is 0.304. The van der Waals surface area contributed by atoms with Crippen LogP contribution in [0, 0.1) is 12.7 Å². The van der Waals surface area contributed by atoms with E-state index in [2.05, 4.69) is 10.4 Å². The largest absolute Gasteiger partial charge is 0.471 e. The predicted molar refractivity (Wildman–Crippen MR) is 123 cm³/mol. The van der Waals surface area contributed by atoms with Gasteiger partial charge in [0.1, 0.15) is 21.4 Å². The molecular formula is C23H24FN3O6S. The van der Waals surface area contributed by atoms with Gasteiger partial charge >= 0.3 is 11.9 Å². The smallest absolute Gasteiger partial charge is 0.348 e. The van der Waals surface area contributed by atoms with Crippen LogP contribution in [0.3, 0.4) is 0 Å². The molecule has 0 aliphatic heterocycles. The standard InChI is InChI=1S/C23H24FN3O6S/c1-5-31-23(30)19-14(4)18(22(29)33-13(2)3)21(34-19)25-20(28)17-10-11-27(26-17)12-32-16-8-6-15(24)7-9-16/h6-11,13H,5,12H2,1-4H3,(H,25,28). The minimum atomic E-state index is -0.659. The first-order chi connectivity index (χ1) is 16.2. The zero-order chi connectivity index (χ0) is 24.8. The van der Waals surface area contributed by atoms with Crippen molar-refractivity contribution in [2.24, 2.45) is 0 Å². The highest BCUT2D eigenvalue weighted by Gasteiger charge is 2.28. The second-order valence-electron chi connectivity index (χ2n) is 7.36. The Morgan fingerprint density at radius 2 is 1.85 bits per heavy atom. The number of hydrogen-bond donors (Lipinski definition) is 1. The number of amides is 1. The average molecular weight is 490 g/mol. The summed E-state index contributed by atoms with van der Waals surface area (Å²) >= 11 is 0.931. The van der Waals surface area contributed by atoms with Crippen LogP contribution < -0.4 is 10.1 Å². The molecule has 11 heteroatoms. The Morgan fingerprint density at radius 1 is 1.15 bits per heavy atom. The summed E-state index contributed by atoms with van der Waals surface area (Å²) in [5.74, 6) is -1.77. The van der Waals surface area contributed by atoms with Crippen molar-refractivity contribution in [1.82, 2.24) is 9.78 Å². The number of anilines is 1. The lowest BCUT2D eigenvalue weighted by molar-refractivity contribution is 0.0379. The van der Waals surface area contributed by atoms with E-state index in [1.165, 1.54) is 41.2 Å². The van der Waals surface area contributed by atoms with Gasteiger partial charge < -0.3 is 19.5 Å². The third-order valence-corrected chi connectivity index (χ3v) is 5.62. The highest BCUT2D eigenvalue weighted by molar-refractivity contribution is 7.18. The lowest BCUT2D eigenvalue weighted by Crippen LogP contribution is -2.17. The molecule has 0 aliphatic rings. The number of ether oxygens (including phenoxy) is 3. The lowest BCUT2D eigenvalue weighted by Gasteiger charge is -2.10. The summed E-state index contributed by atoms with van der Waals surface area (Å²) in [6, 6.07) is 6.97. The molecule has 3 rings (SSSR count). The third-order valence-electron chi connectivity index (χ3n) is 4.43. The van der Waals surface area contributed by atoms with Crippen LogP contribution in [0.5, 0.6) is 5.75 Å².